The molecule has 6 heteroatoms. The average molecular weight is 735 g/mol. The van der Waals surface area contributed by atoms with Gasteiger partial charge in [-0.25, -0.2) is 4.79 Å². The van der Waals surface area contributed by atoms with Crippen LogP contribution in [0.1, 0.15) is 102 Å². The van der Waals surface area contributed by atoms with Gasteiger partial charge in [-0.1, -0.05) is 128 Å². The maximum Gasteiger partial charge on any atom is 0.343 e. The Morgan fingerprint density at radius 3 is 1.49 bits per heavy atom. The summed E-state index contributed by atoms with van der Waals surface area (Å²) in [5.41, 5.74) is 5.92. The maximum absolute atomic E-state index is 12.8. The molecule has 1 saturated carbocycles. The highest BCUT2D eigenvalue weighted by Gasteiger charge is 2.20. The van der Waals surface area contributed by atoms with Gasteiger partial charge in [0.1, 0.15) is 5.75 Å². The van der Waals surface area contributed by atoms with Crippen LogP contribution < -0.4 is 4.74 Å². The molecule has 6 aromatic rings. The van der Waals surface area contributed by atoms with Crippen LogP contribution in [0.4, 0.5) is 22.7 Å². The molecular formula is C49H58N4O2. The minimum atomic E-state index is -0.401. The Balaban J connectivity index is 0.000000955. The minimum Gasteiger partial charge on any atom is -0.423 e. The molecular weight excluding hydrogens is 677 g/mol. The monoisotopic (exact) mass is 734 g/mol. The molecule has 0 radical (unpaired) electrons. The van der Waals surface area contributed by atoms with Crippen LogP contribution in [0.5, 0.6) is 5.75 Å². The van der Waals surface area contributed by atoms with Crippen molar-refractivity contribution in [3.8, 4) is 5.75 Å². The predicted octanol–water partition coefficient (Wildman–Crippen LogP) is 16.5. The van der Waals surface area contributed by atoms with E-state index in [0.29, 0.717) is 22.9 Å². The highest BCUT2D eigenvalue weighted by molar-refractivity contribution is 6.00. The molecule has 0 unspecified atom stereocenters. The van der Waals surface area contributed by atoms with Gasteiger partial charge in [-0.15, -0.1) is 28.5 Å². The summed E-state index contributed by atoms with van der Waals surface area (Å²) in [7, 11) is 0. The second-order valence-electron chi connectivity index (χ2n) is 12.5. The Morgan fingerprint density at radius 1 is 0.545 bits per heavy atom. The molecule has 6 aromatic carbocycles. The highest BCUT2D eigenvalue weighted by atomic mass is 16.5. The largest absolute Gasteiger partial charge is 0.423 e. The van der Waals surface area contributed by atoms with Gasteiger partial charge >= 0.3 is 5.97 Å². The number of hydrogen-bond donors (Lipinski definition) is 0. The molecule has 1 aliphatic rings. The molecule has 0 atom stereocenters. The molecule has 1 aliphatic carbocycles. The summed E-state index contributed by atoms with van der Waals surface area (Å²) < 4.78 is 5.65. The molecule has 286 valence electrons. The van der Waals surface area contributed by atoms with E-state index in [-0.39, 0.29) is 0 Å². The number of carbonyl (C=O) groups is 1. The lowest BCUT2D eigenvalue weighted by Crippen LogP contribution is -2.11. The van der Waals surface area contributed by atoms with Crippen molar-refractivity contribution in [2.24, 2.45) is 26.4 Å². The molecule has 55 heavy (non-hydrogen) atoms. The number of carbonyl (C=O) groups excluding carboxylic acids is 1. The Kier molecular flexibility index (Phi) is 18.4. The van der Waals surface area contributed by atoms with Crippen molar-refractivity contribution in [1.82, 2.24) is 0 Å². The summed E-state index contributed by atoms with van der Waals surface area (Å²) in [5.74, 6) is 1.57. The fraction of sp³-hybridized carbons (Fsp3) is 0.286. The van der Waals surface area contributed by atoms with Crippen LogP contribution in [0.3, 0.4) is 0 Å². The SMILES string of the molecule is C=C.CC.CC.CC.Cc1ccc(N=Nc2ccc(N=Nc3ccc(C(=O)Oc4ccc(C5CCC(C)CC5)cc4)cc3)c3ccccc23)c2ccccc12. The third-order valence-electron chi connectivity index (χ3n) is 9.22. The summed E-state index contributed by atoms with van der Waals surface area (Å²) in [6.07, 6.45) is 5.01. The van der Waals surface area contributed by atoms with E-state index in [1.807, 2.05) is 108 Å². The van der Waals surface area contributed by atoms with Crippen molar-refractivity contribution in [2.75, 3.05) is 0 Å². The van der Waals surface area contributed by atoms with E-state index in [9.17, 15) is 4.79 Å². The third kappa shape index (κ3) is 11.6. The van der Waals surface area contributed by atoms with Crippen LogP contribution in [-0.4, -0.2) is 5.97 Å². The van der Waals surface area contributed by atoms with Crippen molar-refractivity contribution >= 4 is 50.3 Å². The molecule has 0 heterocycles. The molecule has 0 amide bonds. The zero-order valence-corrected chi connectivity index (χ0v) is 34.0. The molecule has 6 nitrogen and oxygen atoms in total. The Bertz CT molecular complexity index is 2130. The number of esters is 1. The summed E-state index contributed by atoms with van der Waals surface area (Å²) in [6.45, 7) is 22.4. The van der Waals surface area contributed by atoms with Crippen molar-refractivity contribution in [2.45, 2.75) is 87.0 Å². The molecule has 1 fully saturated rings. The first-order valence-electron chi connectivity index (χ1n) is 19.8. The normalized spacial score (nSPS) is 14.7. The van der Waals surface area contributed by atoms with Gasteiger partial charge in [0.05, 0.1) is 28.3 Å². The summed E-state index contributed by atoms with van der Waals surface area (Å²) in [6, 6.07) is 39.1. The third-order valence-corrected chi connectivity index (χ3v) is 9.22. The van der Waals surface area contributed by atoms with Crippen LogP contribution in [0.15, 0.2) is 155 Å². The van der Waals surface area contributed by atoms with Crippen molar-refractivity contribution in [3.63, 3.8) is 0 Å². The van der Waals surface area contributed by atoms with Gasteiger partial charge in [0.25, 0.3) is 0 Å². The second-order valence-corrected chi connectivity index (χ2v) is 12.5. The van der Waals surface area contributed by atoms with E-state index in [2.05, 4.69) is 77.8 Å². The maximum atomic E-state index is 12.8. The first-order chi connectivity index (χ1) is 27.0. The highest BCUT2D eigenvalue weighted by Crippen LogP contribution is 2.38. The number of aryl methyl sites for hydroxylation is 1. The van der Waals surface area contributed by atoms with E-state index in [1.165, 1.54) is 42.2 Å². The van der Waals surface area contributed by atoms with Gasteiger partial charge in [0, 0.05) is 16.2 Å². The lowest BCUT2D eigenvalue weighted by atomic mass is 9.79. The van der Waals surface area contributed by atoms with Crippen LogP contribution in [-0.2, 0) is 0 Å². The van der Waals surface area contributed by atoms with Crippen LogP contribution in [0, 0.1) is 12.8 Å². The van der Waals surface area contributed by atoms with E-state index >= 15 is 0 Å². The van der Waals surface area contributed by atoms with E-state index < -0.39 is 5.97 Å². The zero-order valence-electron chi connectivity index (χ0n) is 34.0. The van der Waals surface area contributed by atoms with Gasteiger partial charge in [0.15, 0.2) is 0 Å². The van der Waals surface area contributed by atoms with Crippen LogP contribution in [0.25, 0.3) is 21.5 Å². The first kappa shape index (κ1) is 43.7. The Labute approximate surface area is 329 Å². The lowest BCUT2D eigenvalue weighted by molar-refractivity contribution is 0.0734. The summed E-state index contributed by atoms with van der Waals surface area (Å²) >= 11 is 0. The molecule has 7 rings (SSSR count). The first-order valence-corrected chi connectivity index (χ1v) is 19.8. The average Bonchev–Trinajstić information content (AvgIpc) is 3.26. The van der Waals surface area contributed by atoms with Crippen LogP contribution in [0.2, 0.25) is 0 Å². The van der Waals surface area contributed by atoms with Gasteiger partial charge in [-0.05, 0) is 103 Å². The number of hydrogen-bond acceptors (Lipinski definition) is 6. The number of nitrogens with zero attached hydrogens (tertiary/aromatic N) is 4. The molecule has 0 N–H and O–H groups in total. The number of fused-ring (bicyclic) bond motifs is 2. The van der Waals surface area contributed by atoms with Crippen molar-refractivity contribution in [3.05, 3.63) is 151 Å². The van der Waals surface area contributed by atoms with Gasteiger partial charge in [-0.2, -0.15) is 5.11 Å². The van der Waals surface area contributed by atoms with Gasteiger partial charge in [0.2, 0.25) is 0 Å². The summed E-state index contributed by atoms with van der Waals surface area (Å²) in [5, 5.41) is 22.4. The van der Waals surface area contributed by atoms with Gasteiger partial charge in [-0.3, -0.25) is 0 Å². The smallest absolute Gasteiger partial charge is 0.343 e. The molecule has 0 saturated heterocycles. The number of benzene rings is 6. The predicted molar refractivity (Wildman–Crippen MR) is 234 cm³/mol. The molecule has 0 aliphatic heterocycles. The molecule has 0 spiro atoms. The second kappa shape index (κ2) is 23.1. The minimum absolute atomic E-state index is 0.401. The summed E-state index contributed by atoms with van der Waals surface area (Å²) in [4.78, 5) is 12.8. The standard InChI is InChI=1S/C41H36N4O2.3C2H6.C2H4/c1-27-11-14-29(15-12-27)30-18-22-33(23-19-30)47-41(46)31-16-20-32(21-17-31)42-43-39-25-26-40(37-10-6-5-9-36(37)39)45-44-38-24-13-28(2)34-7-3-4-8-35(34)38;4*1-2/h3-10,13,16-27,29H,11-12,14-15H2,1-2H3;3*1-2H3;1-2H2. The number of rotatable bonds is 7. The van der Waals surface area contributed by atoms with E-state index in [0.717, 1.165) is 39.1 Å². The topological polar surface area (TPSA) is 75.7 Å². The van der Waals surface area contributed by atoms with Crippen molar-refractivity contribution in [1.29, 1.82) is 0 Å². The number of ether oxygens (including phenoxy) is 1. The lowest BCUT2D eigenvalue weighted by Gasteiger charge is -2.26. The number of azo groups is 2. The van der Waals surface area contributed by atoms with Crippen molar-refractivity contribution < 1.29 is 9.53 Å². The Morgan fingerprint density at radius 2 is 0.982 bits per heavy atom. The fourth-order valence-corrected chi connectivity index (χ4v) is 6.41. The Hall–Kier alpha value is -5.75. The zero-order chi connectivity index (χ0) is 40.2. The van der Waals surface area contributed by atoms with E-state index in [1.54, 1.807) is 24.3 Å². The van der Waals surface area contributed by atoms with Gasteiger partial charge < -0.3 is 4.74 Å². The molecule has 0 aromatic heterocycles. The fourth-order valence-electron chi connectivity index (χ4n) is 6.41. The molecule has 0 bridgehead atoms. The van der Waals surface area contributed by atoms with Crippen LogP contribution >= 0.6 is 0 Å². The van der Waals surface area contributed by atoms with E-state index in [4.69, 9.17) is 4.74 Å². The quantitative estimate of drug-likeness (QED) is 0.0708.